The van der Waals surface area contributed by atoms with Crippen LogP contribution in [0.1, 0.15) is 59.8 Å². The monoisotopic (exact) mass is 300 g/mol. The van der Waals surface area contributed by atoms with Crippen molar-refractivity contribution in [1.82, 2.24) is 0 Å². The molecule has 1 N–H and O–H groups in total. The van der Waals surface area contributed by atoms with Gasteiger partial charge < -0.3 is 5.11 Å². The van der Waals surface area contributed by atoms with E-state index in [2.05, 4.69) is 26.0 Å². The number of hydrogen-bond donors (Lipinski definition) is 1. The van der Waals surface area contributed by atoms with Crippen LogP contribution in [0.15, 0.2) is 24.0 Å². The lowest BCUT2D eigenvalue weighted by molar-refractivity contribution is -0.145. The largest absolute Gasteiger partial charge is 0.505 e. The van der Waals surface area contributed by atoms with Gasteiger partial charge in [-0.3, -0.25) is 4.79 Å². The van der Waals surface area contributed by atoms with Gasteiger partial charge in [0.1, 0.15) is 0 Å². The zero-order valence-electron chi connectivity index (χ0n) is 14.3. The van der Waals surface area contributed by atoms with Crippen LogP contribution in [0.3, 0.4) is 0 Å². The van der Waals surface area contributed by atoms with Gasteiger partial charge in [0.25, 0.3) is 0 Å². The minimum Gasteiger partial charge on any atom is -0.505 e. The fraction of sp³-hybridized carbons (Fsp3) is 0.750. The van der Waals surface area contributed by atoms with Crippen molar-refractivity contribution < 1.29 is 9.90 Å². The number of Topliss-reactive ketones (excluding diaryl/α,β-unsaturated/α-hetero) is 1. The van der Waals surface area contributed by atoms with Crippen molar-refractivity contribution in [3.63, 3.8) is 0 Å². The second kappa shape index (κ2) is 3.88. The van der Waals surface area contributed by atoms with Gasteiger partial charge in [-0.15, -0.1) is 0 Å². The van der Waals surface area contributed by atoms with Crippen molar-refractivity contribution in [1.29, 1.82) is 0 Å². The highest BCUT2D eigenvalue weighted by Crippen LogP contribution is 2.70. The number of ketones is 1. The molecule has 5 atom stereocenters. The molecular formula is C20H28O2. The van der Waals surface area contributed by atoms with E-state index in [0.717, 1.165) is 6.42 Å². The third-order valence-corrected chi connectivity index (χ3v) is 7.79. The van der Waals surface area contributed by atoms with E-state index < -0.39 is 5.41 Å². The van der Waals surface area contributed by atoms with Crippen molar-refractivity contribution in [3.05, 3.63) is 24.0 Å². The Morgan fingerprint density at radius 3 is 2.45 bits per heavy atom. The summed E-state index contributed by atoms with van der Waals surface area (Å²) in [6.45, 7) is 8.78. The van der Waals surface area contributed by atoms with Crippen molar-refractivity contribution >= 4 is 5.78 Å². The van der Waals surface area contributed by atoms with Crippen molar-refractivity contribution in [2.45, 2.75) is 59.8 Å². The van der Waals surface area contributed by atoms with Gasteiger partial charge in [-0.05, 0) is 66.3 Å². The number of rotatable bonds is 0. The molecule has 0 saturated heterocycles. The Labute approximate surface area is 133 Å². The smallest absolute Gasteiger partial charge is 0.202 e. The van der Waals surface area contributed by atoms with Crippen molar-refractivity contribution in [2.75, 3.05) is 0 Å². The molecule has 4 aliphatic rings. The highest BCUT2D eigenvalue weighted by Gasteiger charge is 2.64. The van der Waals surface area contributed by atoms with Crippen LogP contribution in [-0.4, -0.2) is 10.9 Å². The van der Waals surface area contributed by atoms with Crippen LogP contribution in [-0.2, 0) is 4.79 Å². The minimum atomic E-state index is -0.446. The molecule has 4 aliphatic carbocycles. The number of aliphatic hydroxyl groups is 1. The molecule has 120 valence electrons. The molecule has 2 bridgehead atoms. The van der Waals surface area contributed by atoms with Gasteiger partial charge in [-0.25, -0.2) is 0 Å². The maximum Gasteiger partial charge on any atom is 0.202 e. The first-order valence-electron chi connectivity index (χ1n) is 8.80. The molecule has 5 unspecified atom stereocenters. The molecule has 2 nitrogen and oxygen atoms in total. The summed E-state index contributed by atoms with van der Waals surface area (Å²) in [6.07, 6.45) is 12.9. The molecular weight excluding hydrogens is 272 g/mol. The molecule has 0 aromatic rings. The third-order valence-electron chi connectivity index (χ3n) is 7.79. The van der Waals surface area contributed by atoms with Crippen LogP contribution in [0.4, 0.5) is 0 Å². The molecule has 0 radical (unpaired) electrons. The van der Waals surface area contributed by atoms with Crippen molar-refractivity contribution in [2.24, 2.45) is 33.5 Å². The zero-order valence-corrected chi connectivity index (χ0v) is 14.3. The number of carbonyl (C=O) groups is 1. The first-order chi connectivity index (χ1) is 10.1. The average Bonchev–Trinajstić information content (AvgIpc) is 2.66. The lowest BCUT2D eigenvalue weighted by Gasteiger charge is -2.62. The number of hydrogen-bond acceptors (Lipinski definition) is 2. The normalized spacial score (nSPS) is 52.0. The minimum absolute atomic E-state index is 0.0103. The van der Waals surface area contributed by atoms with E-state index in [4.69, 9.17) is 0 Å². The fourth-order valence-corrected chi connectivity index (χ4v) is 6.84. The SMILES string of the molecule is CC12C=CC3(CCC4C(C)(C)C(=O)C(O)=CC4(C)C3CC1)C2. The Morgan fingerprint density at radius 1 is 1.05 bits per heavy atom. The second-order valence-electron chi connectivity index (χ2n) is 9.53. The van der Waals surface area contributed by atoms with Crippen LogP contribution in [0, 0.1) is 33.5 Å². The highest BCUT2D eigenvalue weighted by molar-refractivity contribution is 5.98. The number of carbonyl (C=O) groups excluding carboxylic acids is 1. The average molecular weight is 300 g/mol. The summed E-state index contributed by atoms with van der Waals surface area (Å²) in [6, 6.07) is 0. The van der Waals surface area contributed by atoms with Crippen LogP contribution < -0.4 is 0 Å². The maximum atomic E-state index is 12.5. The Hall–Kier alpha value is -1.05. The zero-order chi connectivity index (χ0) is 16.0. The Balaban J connectivity index is 1.84. The lowest BCUT2D eigenvalue weighted by atomic mass is 9.41. The molecule has 1 spiro atoms. The Kier molecular flexibility index (Phi) is 2.57. The third kappa shape index (κ3) is 1.54. The second-order valence-corrected chi connectivity index (χ2v) is 9.53. The molecule has 0 amide bonds. The molecule has 2 fully saturated rings. The summed E-state index contributed by atoms with van der Waals surface area (Å²) in [5.74, 6) is 0.849. The molecule has 4 rings (SSSR count). The topological polar surface area (TPSA) is 37.3 Å². The quantitative estimate of drug-likeness (QED) is 0.651. The van der Waals surface area contributed by atoms with Gasteiger partial charge in [-0.1, -0.05) is 39.8 Å². The van der Waals surface area contributed by atoms with Gasteiger partial charge in [-0.2, -0.15) is 0 Å². The van der Waals surface area contributed by atoms with E-state index in [1.807, 2.05) is 19.9 Å². The molecule has 2 saturated carbocycles. The first kappa shape index (κ1) is 14.5. The van der Waals surface area contributed by atoms with E-state index in [9.17, 15) is 9.90 Å². The lowest BCUT2D eigenvalue weighted by Crippen LogP contribution is -2.57. The molecule has 2 heteroatoms. The van der Waals surface area contributed by atoms with Crippen LogP contribution in [0.2, 0.25) is 0 Å². The van der Waals surface area contributed by atoms with Gasteiger partial charge in [0.2, 0.25) is 5.78 Å². The number of aliphatic hydroxyl groups excluding tert-OH is 1. The number of allylic oxidation sites excluding steroid dienone is 4. The summed E-state index contributed by atoms with van der Waals surface area (Å²) >= 11 is 0. The van der Waals surface area contributed by atoms with Crippen LogP contribution >= 0.6 is 0 Å². The maximum absolute atomic E-state index is 12.5. The van der Waals surface area contributed by atoms with Crippen molar-refractivity contribution in [3.8, 4) is 0 Å². The molecule has 0 aromatic heterocycles. The summed E-state index contributed by atoms with van der Waals surface area (Å²) in [4.78, 5) is 12.5. The molecule has 0 aromatic carbocycles. The summed E-state index contributed by atoms with van der Waals surface area (Å²) in [5, 5.41) is 10.3. The van der Waals surface area contributed by atoms with Gasteiger partial charge in [0.05, 0.1) is 0 Å². The first-order valence-corrected chi connectivity index (χ1v) is 8.80. The van der Waals surface area contributed by atoms with Crippen LogP contribution in [0.25, 0.3) is 0 Å². The predicted octanol–water partition coefficient (Wildman–Crippen LogP) is 4.82. The fourth-order valence-electron chi connectivity index (χ4n) is 6.84. The summed E-state index contributed by atoms with van der Waals surface area (Å²) < 4.78 is 0. The van der Waals surface area contributed by atoms with Gasteiger partial charge >= 0.3 is 0 Å². The summed E-state index contributed by atoms with van der Waals surface area (Å²) in [5.41, 5.74) is 0.172. The highest BCUT2D eigenvalue weighted by atomic mass is 16.3. The number of fused-ring (bicyclic) bond motifs is 3. The molecule has 0 aliphatic heterocycles. The Bertz CT molecular complexity index is 613. The predicted molar refractivity (Wildman–Crippen MR) is 87.4 cm³/mol. The van der Waals surface area contributed by atoms with E-state index in [1.54, 1.807) is 0 Å². The van der Waals surface area contributed by atoms with E-state index in [-0.39, 0.29) is 17.0 Å². The van der Waals surface area contributed by atoms with Crippen LogP contribution in [0.5, 0.6) is 0 Å². The van der Waals surface area contributed by atoms with Gasteiger partial charge in [0.15, 0.2) is 5.76 Å². The summed E-state index contributed by atoms with van der Waals surface area (Å²) in [7, 11) is 0. The Morgan fingerprint density at radius 2 is 1.73 bits per heavy atom. The molecule has 0 heterocycles. The standard InChI is InChI=1S/C20H28O2/c1-17(2)14-6-8-20-10-9-18(3,12-20)7-5-15(20)19(14,4)11-13(21)16(17)22/h9-11,14-15,21H,5-8,12H2,1-4H3. The van der Waals surface area contributed by atoms with Gasteiger partial charge in [0, 0.05) is 5.41 Å². The molecule has 22 heavy (non-hydrogen) atoms. The van der Waals surface area contributed by atoms with E-state index in [1.165, 1.54) is 25.7 Å². The van der Waals surface area contributed by atoms with E-state index in [0.29, 0.717) is 22.7 Å². The van der Waals surface area contributed by atoms with E-state index >= 15 is 0 Å².